The smallest absolute Gasteiger partial charge is 0.318 e. The maximum atomic E-state index is 14.2. The average Bonchev–Trinajstić information content (AvgIpc) is 2.99. The molecule has 1 saturated heterocycles. The third kappa shape index (κ3) is 5.34. The van der Waals surface area contributed by atoms with E-state index in [1.807, 2.05) is 13.0 Å². The van der Waals surface area contributed by atoms with E-state index >= 15 is 0 Å². The van der Waals surface area contributed by atoms with Gasteiger partial charge in [-0.05, 0) is 96.9 Å². The zero-order chi connectivity index (χ0) is 34.2. The Morgan fingerprint density at radius 3 is 2.30 bits per heavy atom. The second-order valence-electron chi connectivity index (χ2n) is 16.8. The molecule has 0 spiro atoms. The van der Waals surface area contributed by atoms with Gasteiger partial charge in [0, 0.05) is 0 Å². The molecular formula is C36H58O10. The van der Waals surface area contributed by atoms with Crippen LogP contribution in [0.25, 0.3) is 0 Å². The lowest BCUT2D eigenvalue weighted by Crippen LogP contribution is -2.65. The van der Waals surface area contributed by atoms with Gasteiger partial charge < -0.3 is 45.2 Å². The fourth-order valence-electron chi connectivity index (χ4n) is 10.4. The van der Waals surface area contributed by atoms with Crippen LogP contribution in [-0.2, 0) is 14.3 Å². The van der Waals surface area contributed by atoms with Crippen LogP contribution in [0.5, 0.6) is 0 Å². The highest BCUT2D eigenvalue weighted by molar-refractivity contribution is 5.80. The Labute approximate surface area is 273 Å². The first-order valence-corrected chi connectivity index (χ1v) is 17.3. The van der Waals surface area contributed by atoms with E-state index in [4.69, 9.17) is 9.47 Å². The summed E-state index contributed by atoms with van der Waals surface area (Å²) in [5.41, 5.74) is -1.21. The monoisotopic (exact) mass is 650 g/mol. The summed E-state index contributed by atoms with van der Waals surface area (Å²) in [4.78, 5) is 14.2. The van der Waals surface area contributed by atoms with Crippen molar-refractivity contribution in [2.24, 2.45) is 44.8 Å². The summed E-state index contributed by atoms with van der Waals surface area (Å²) in [5.74, 6) is -0.328. The Bertz CT molecular complexity index is 1210. The number of carbonyl (C=O) groups is 1. The standard InChI is InChI=1S/C36H58O10/c1-19(20(2)38)10-13-36(31(44)46-30-28(42)27(41)26(40)23(18-37)45-30)15-14-34(6)21(16-36)8-9-25-33(5)17-22(39)29(43)32(3,4)24(33)11-12-35(25,34)7/h8-9,16,19-20,22-30,37-43H,10-15,17-18H2,1-7H3/t19?,20?,22-,23-,24+,25-,26-,27+,28-,29-,30+,33+,34-,35-,36+/m1/s1. The summed E-state index contributed by atoms with van der Waals surface area (Å²) in [7, 11) is 0. The van der Waals surface area contributed by atoms with Crippen LogP contribution in [0.3, 0.4) is 0 Å². The van der Waals surface area contributed by atoms with E-state index in [1.54, 1.807) is 6.92 Å². The molecule has 0 aromatic carbocycles. The Hall–Kier alpha value is -1.37. The van der Waals surface area contributed by atoms with E-state index in [0.717, 1.165) is 18.4 Å². The molecule has 2 unspecified atom stereocenters. The van der Waals surface area contributed by atoms with E-state index in [1.165, 1.54) is 0 Å². The normalized spacial score (nSPS) is 49.5. The maximum absolute atomic E-state index is 14.2. The fourth-order valence-corrected chi connectivity index (χ4v) is 10.4. The number of esters is 1. The van der Waals surface area contributed by atoms with Crippen molar-refractivity contribution in [3.63, 3.8) is 0 Å². The van der Waals surface area contributed by atoms with E-state index in [0.29, 0.717) is 32.1 Å². The molecule has 5 aliphatic rings. The van der Waals surface area contributed by atoms with Crippen molar-refractivity contribution in [2.45, 2.75) is 142 Å². The van der Waals surface area contributed by atoms with E-state index < -0.39 is 72.4 Å². The molecule has 2 saturated carbocycles. The Morgan fingerprint density at radius 1 is 1.00 bits per heavy atom. The lowest BCUT2D eigenvalue weighted by molar-refractivity contribution is -0.295. The number of aliphatic hydroxyl groups excluding tert-OH is 7. The van der Waals surface area contributed by atoms with E-state index in [-0.39, 0.29) is 34.0 Å². The largest absolute Gasteiger partial charge is 0.432 e. The van der Waals surface area contributed by atoms with Crippen molar-refractivity contribution in [3.8, 4) is 0 Å². The average molecular weight is 651 g/mol. The maximum Gasteiger partial charge on any atom is 0.318 e. The molecular weight excluding hydrogens is 592 g/mol. The number of carbonyl (C=O) groups excluding carboxylic acids is 1. The summed E-state index contributed by atoms with van der Waals surface area (Å²) in [6.07, 6.45) is 1.02. The minimum absolute atomic E-state index is 0.0842. The molecule has 15 atom stereocenters. The molecule has 1 heterocycles. The minimum atomic E-state index is -1.70. The number of hydrogen-bond donors (Lipinski definition) is 7. The number of allylic oxidation sites excluding steroid dienone is 3. The lowest BCUT2D eigenvalue weighted by Gasteiger charge is -2.69. The van der Waals surface area contributed by atoms with Crippen LogP contribution in [0, 0.1) is 44.8 Å². The van der Waals surface area contributed by atoms with Gasteiger partial charge in [0.2, 0.25) is 6.29 Å². The number of fused-ring (bicyclic) bond motifs is 5. The minimum Gasteiger partial charge on any atom is -0.432 e. The number of ether oxygens (including phenoxy) is 2. The summed E-state index contributed by atoms with van der Waals surface area (Å²) in [6, 6.07) is 0. The number of rotatable bonds is 7. The van der Waals surface area contributed by atoms with Crippen molar-refractivity contribution >= 4 is 5.97 Å². The van der Waals surface area contributed by atoms with Crippen LogP contribution in [-0.4, -0.2) is 97.3 Å². The van der Waals surface area contributed by atoms with Gasteiger partial charge in [0.15, 0.2) is 0 Å². The molecule has 0 radical (unpaired) electrons. The zero-order valence-electron chi connectivity index (χ0n) is 28.6. The van der Waals surface area contributed by atoms with Crippen LogP contribution < -0.4 is 0 Å². The van der Waals surface area contributed by atoms with Crippen molar-refractivity contribution in [1.82, 2.24) is 0 Å². The second-order valence-corrected chi connectivity index (χ2v) is 16.8. The second kappa shape index (κ2) is 12.2. The molecule has 10 nitrogen and oxygen atoms in total. The molecule has 0 bridgehead atoms. The third-order valence-electron chi connectivity index (χ3n) is 14.0. The van der Waals surface area contributed by atoms with Crippen LogP contribution in [0.4, 0.5) is 0 Å². The lowest BCUT2D eigenvalue weighted by atomic mass is 9.36. The molecule has 0 aromatic heterocycles. The first-order valence-electron chi connectivity index (χ1n) is 17.3. The first kappa shape index (κ1) is 35.9. The van der Waals surface area contributed by atoms with Crippen LogP contribution in [0.1, 0.15) is 93.4 Å². The molecule has 0 aromatic rings. The van der Waals surface area contributed by atoms with Gasteiger partial charge in [-0.2, -0.15) is 0 Å². The van der Waals surface area contributed by atoms with E-state index in [9.17, 15) is 40.5 Å². The highest BCUT2D eigenvalue weighted by Gasteiger charge is 2.67. The van der Waals surface area contributed by atoms with Gasteiger partial charge in [-0.1, -0.05) is 59.8 Å². The van der Waals surface area contributed by atoms with Gasteiger partial charge in [-0.25, -0.2) is 0 Å². The first-order chi connectivity index (χ1) is 21.3. The molecule has 4 aliphatic carbocycles. The SMILES string of the molecule is CC(O)C(C)CC[C@@]1(C(=O)O[C@@H]2O[C@H](CO)[C@@H](O)[C@H](O)[C@H]2O)C=C2C=C[C@@H]3[C@@]4(C)C[C@@H](O)[C@@H](O)C(C)(C)[C@@H]4CC[C@@]3(C)[C@]2(C)CC1. The van der Waals surface area contributed by atoms with Crippen molar-refractivity contribution in [1.29, 1.82) is 0 Å². The Kier molecular flexibility index (Phi) is 9.52. The van der Waals surface area contributed by atoms with Crippen molar-refractivity contribution in [3.05, 3.63) is 23.8 Å². The molecule has 46 heavy (non-hydrogen) atoms. The molecule has 3 fully saturated rings. The molecule has 5 rings (SSSR count). The number of hydrogen-bond acceptors (Lipinski definition) is 10. The predicted molar refractivity (Wildman–Crippen MR) is 170 cm³/mol. The predicted octanol–water partition coefficient (Wildman–Crippen LogP) is 2.60. The third-order valence-corrected chi connectivity index (χ3v) is 14.0. The van der Waals surface area contributed by atoms with Gasteiger partial charge in [0.25, 0.3) is 0 Å². The van der Waals surface area contributed by atoms with E-state index in [2.05, 4.69) is 46.8 Å². The van der Waals surface area contributed by atoms with Gasteiger partial charge >= 0.3 is 5.97 Å². The van der Waals surface area contributed by atoms with Gasteiger partial charge in [-0.3, -0.25) is 4.79 Å². The molecule has 262 valence electrons. The van der Waals surface area contributed by atoms with Gasteiger partial charge in [0.1, 0.15) is 24.4 Å². The Balaban J connectivity index is 1.52. The fraction of sp³-hybridized carbons (Fsp3) is 0.861. The Morgan fingerprint density at radius 2 is 1.67 bits per heavy atom. The van der Waals surface area contributed by atoms with Crippen LogP contribution in [0.15, 0.2) is 23.8 Å². The molecule has 0 amide bonds. The quantitative estimate of drug-likeness (QED) is 0.203. The highest BCUT2D eigenvalue weighted by Crippen LogP contribution is 2.72. The molecule has 10 heteroatoms. The summed E-state index contributed by atoms with van der Waals surface area (Å²) in [6.45, 7) is 14.1. The van der Waals surface area contributed by atoms with Gasteiger partial charge in [-0.15, -0.1) is 0 Å². The molecule has 7 N–H and O–H groups in total. The summed E-state index contributed by atoms with van der Waals surface area (Å²) < 4.78 is 11.3. The topological polar surface area (TPSA) is 177 Å². The molecule has 1 aliphatic heterocycles. The zero-order valence-corrected chi connectivity index (χ0v) is 28.6. The summed E-state index contributed by atoms with van der Waals surface area (Å²) in [5, 5.41) is 73.1. The van der Waals surface area contributed by atoms with Crippen LogP contribution in [0.2, 0.25) is 0 Å². The highest BCUT2D eigenvalue weighted by atomic mass is 16.7. The van der Waals surface area contributed by atoms with Crippen molar-refractivity contribution in [2.75, 3.05) is 6.61 Å². The van der Waals surface area contributed by atoms with Gasteiger partial charge in [0.05, 0.1) is 30.3 Å². The number of aliphatic hydroxyl groups is 7. The van der Waals surface area contributed by atoms with Crippen molar-refractivity contribution < 1.29 is 50.0 Å². The van der Waals surface area contributed by atoms with Crippen LogP contribution >= 0.6 is 0 Å². The summed E-state index contributed by atoms with van der Waals surface area (Å²) >= 11 is 0.